The molecule has 7 heteroatoms. The predicted octanol–water partition coefficient (Wildman–Crippen LogP) is 3.78. The molecule has 0 bridgehead atoms. The number of Topliss-reactive ketones (excluding diaryl/α,β-unsaturated/α-hetero) is 1. The Morgan fingerprint density at radius 3 is 1.23 bits per heavy atom. The minimum absolute atomic E-state index is 0.117. The second kappa shape index (κ2) is 8.73. The van der Waals surface area contributed by atoms with E-state index in [4.69, 9.17) is 28.4 Å². The average Bonchev–Trinajstić information content (AvgIpc) is 3.18. The summed E-state index contributed by atoms with van der Waals surface area (Å²) in [5, 5.41) is 0. The standard InChI is InChI=1S/C23H28O7/c1-25-16-10-14(11-17(26-2)21(16)29-5)23(9-7-8-20(23)24)15-12-18(27-3)22(30-6)19(13-15)28-4/h10-13H,7-9H2,1-6H3. The van der Waals surface area contributed by atoms with Crippen molar-refractivity contribution in [2.24, 2.45) is 0 Å². The molecule has 0 aliphatic heterocycles. The van der Waals surface area contributed by atoms with Crippen LogP contribution in [0.3, 0.4) is 0 Å². The zero-order valence-corrected chi connectivity index (χ0v) is 18.3. The van der Waals surface area contributed by atoms with Crippen LogP contribution < -0.4 is 28.4 Å². The van der Waals surface area contributed by atoms with Gasteiger partial charge >= 0.3 is 0 Å². The molecule has 0 amide bonds. The molecular formula is C23H28O7. The van der Waals surface area contributed by atoms with Crippen molar-refractivity contribution in [1.82, 2.24) is 0 Å². The third kappa shape index (κ3) is 3.28. The number of carbonyl (C=O) groups is 1. The number of ether oxygens (including phenoxy) is 6. The predicted molar refractivity (Wildman–Crippen MR) is 112 cm³/mol. The van der Waals surface area contributed by atoms with Gasteiger partial charge in [-0.05, 0) is 48.2 Å². The van der Waals surface area contributed by atoms with Gasteiger partial charge in [0, 0.05) is 6.42 Å². The molecule has 0 N–H and O–H groups in total. The quantitative estimate of drug-likeness (QED) is 0.648. The maximum Gasteiger partial charge on any atom is 0.203 e. The lowest BCUT2D eigenvalue weighted by Gasteiger charge is -2.31. The first-order chi connectivity index (χ1) is 14.5. The van der Waals surface area contributed by atoms with Gasteiger partial charge in [-0.1, -0.05) is 0 Å². The number of rotatable bonds is 8. The van der Waals surface area contributed by atoms with Crippen LogP contribution in [0.2, 0.25) is 0 Å². The van der Waals surface area contributed by atoms with E-state index in [1.165, 1.54) is 0 Å². The monoisotopic (exact) mass is 416 g/mol. The summed E-state index contributed by atoms with van der Waals surface area (Å²) < 4.78 is 33.0. The van der Waals surface area contributed by atoms with Crippen LogP contribution in [0.15, 0.2) is 24.3 Å². The summed E-state index contributed by atoms with van der Waals surface area (Å²) in [5.74, 6) is 3.07. The van der Waals surface area contributed by atoms with Gasteiger partial charge in [-0.15, -0.1) is 0 Å². The topological polar surface area (TPSA) is 72.5 Å². The van der Waals surface area contributed by atoms with Gasteiger partial charge in [-0.25, -0.2) is 0 Å². The van der Waals surface area contributed by atoms with Gasteiger partial charge in [0.25, 0.3) is 0 Å². The molecule has 0 atom stereocenters. The Bertz CT molecular complexity index is 822. The van der Waals surface area contributed by atoms with Gasteiger partial charge < -0.3 is 28.4 Å². The number of benzene rings is 2. The Balaban J connectivity index is 2.32. The third-order valence-corrected chi connectivity index (χ3v) is 5.75. The summed E-state index contributed by atoms with van der Waals surface area (Å²) in [6, 6.07) is 7.36. The Labute approximate surface area is 176 Å². The van der Waals surface area contributed by atoms with Crippen LogP contribution in [0.25, 0.3) is 0 Å². The largest absolute Gasteiger partial charge is 0.493 e. The molecule has 1 aliphatic carbocycles. The fraction of sp³-hybridized carbons (Fsp3) is 0.435. The molecule has 0 unspecified atom stereocenters. The summed E-state index contributed by atoms with van der Waals surface area (Å²) in [5.41, 5.74) is 0.655. The smallest absolute Gasteiger partial charge is 0.203 e. The summed E-state index contributed by atoms with van der Waals surface area (Å²) >= 11 is 0. The zero-order valence-electron chi connectivity index (χ0n) is 18.3. The highest BCUT2D eigenvalue weighted by Crippen LogP contribution is 2.51. The van der Waals surface area contributed by atoms with Crippen LogP contribution in [-0.2, 0) is 10.2 Å². The fourth-order valence-electron chi connectivity index (χ4n) is 4.30. The molecule has 1 fully saturated rings. The first-order valence-electron chi connectivity index (χ1n) is 9.64. The molecular weight excluding hydrogens is 388 g/mol. The Morgan fingerprint density at radius 2 is 1.00 bits per heavy atom. The summed E-state index contributed by atoms with van der Waals surface area (Å²) in [6.07, 6.45) is 1.89. The van der Waals surface area contributed by atoms with E-state index in [0.29, 0.717) is 47.3 Å². The molecule has 2 aromatic carbocycles. The van der Waals surface area contributed by atoms with E-state index in [0.717, 1.165) is 17.5 Å². The molecule has 0 aromatic heterocycles. The van der Waals surface area contributed by atoms with Crippen molar-refractivity contribution in [1.29, 1.82) is 0 Å². The van der Waals surface area contributed by atoms with Crippen LogP contribution in [0.4, 0.5) is 0 Å². The molecule has 0 radical (unpaired) electrons. The highest BCUT2D eigenvalue weighted by Gasteiger charge is 2.46. The number of hydrogen-bond acceptors (Lipinski definition) is 7. The normalized spacial score (nSPS) is 14.9. The van der Waals surface area contributed by atoms with Gasteiger partial charge in [0.05, 0.1) is 48.1 Å². The number of methoxy groups -OCH3 is 6. The van der Waals surface area contributed by atoms with Crippen LogP contribution >= 0.6 is 0 Å². The van der Waals surface area contributed by atoms with Crippen molar-refractivity contribution in [3.8, 4) is 34.5 Å². The summed E-state index contributed by atoms with van der Waals surface area (Å²) in [7, 11) is 9.34. The minimum atomic E-state index is -0.889. The second-order valence-corrected chi connectivity index (χ2v) is 7.01. The van der Waals surface area contributed by atoms with Crippen molar-refractivity contribution in [2.45, 2.75) is 24.7 Å². The molecule has 2 aromatic rings. The molecule has 1 aliphatic rings. The van der Waals surface area contributed by atoms with Gasteiger partial charge in [0.2, 0.25) is 11.5 Å². The van der Waals surface area contributed by atoms with E-state index in [-0.39, 0.29) is 5.78 Å². The summed E-state index contributed by atoms with van der Waals surface area (Å²) in [6.45, 7) is 0. The van der Waals surface area contributed by atoms with E-state index in [2.05, 4.69) is 0 Å². The van der Waals surface area contributed by atoms with E-state index >= 15 is 0 Å². The highest BCUT2D eigenvalue weighted by atomic mass is 16.5. The maximum atomic E-state index is 13.4. The number of ketones is 1. The second-order valence-electron chi connectivity index (χ2n) is 7.01. The Morgan fingerprint density at radius 1 is 0.633 bits per heavy atom. The molecule has 0 spiro atoms. The molecule has 0 heterocycles. The lowest BCUT2D eigenvalue weighted by atomic mass is 9.72. The Hall–Kier alpha value is -3.09. The van der Waals surface area contributed by atoms with Crippen molar-refractivity contribution in [3.05, 3.63) is 35.4 Å². The molecule has 30 heavy (non-hydrogen) atoms. The van der Waals surface area contributed by atoms with Gasteiger partial charge in [0.1, 0.15) is 5.78 Å². The highest BCUT2D eigenvalue weighted by molar-refractivity contribution is 5.96. The first kappa shape index (κ1) is 21.6. The maximum absolute atomic E-state index is 13.4. The fourth-order valence-corrected chi connectivity index (χ4v) is 4.30. The molecule has 0 saturated heterocycles. The lowest BCUT2D eigenvalue weighted by molar-refractivity contribution is -0.121. The number of carbonyl (C=O) groups excluding carboxylic acids is 1. The zero-order chi connectivity index (χ0) is 21.9. The van der Waals surface area contributed by atoms with E-state index in [1.807, 2.05) is 24.3 Å². The molecule has 3 rings (SSSR count). The van der Waals surface area contributed by atoms with Crippen molar-refractivity contribution < 1.29 is 33.2 Å². The summed E-state index contributed by atoms with van der Waals surface area (Å²) in [4.78, 5) is 13.4. The minimum Gasteiger partial charge on any atom is -0.493 e. The van der Waals surface area contributed by atoms with Crippen molar-refractivity contribution in [3.63, 3.8) is 0 Å². The van der Waals surface area contributed by atoms with Crippen LogP contribution in [-0.4, -0.2) is 48.4 Å². The van der Waals surface area contributed by atoms with E-state index in [1.54, 1.807) is 42.7 Å². The molecule has 1 saturated carbocycles. The van der Waals surface area contributed by atoms with Crippen molar-refractivity contribution >= 4 is 5.78 Å². The average molecular weight is 416 g/mol. The van der Waals surface area contributed by atoms with Crippen LogP contribution in [0, 0.1) is 0 Å². The third-order valence-electron chi connectivity index (χ3n) is 5.75. The Kier molecular flexibility index (Phi) is 6.29. The van der Waals surface area contributed by atoms with Crippen LogP contribution in [0.1, 0.15) is 30.4 Å². The van der Waals surface area contributed by atoms with Gasteiger partial charge in [-0.2, -0.15) is 0 Å². The van der Waals surface area contributed by atoms with E-state index in [9.17, 15) is 4.79 Å². The first-order valence-corrected chi connectivity index (χ1v) is 9.64. The number of hydrogen-bond donors (Lipinski definition) is 0. The molecule has 162 valence electrons. The lowest BCUT2D eigenvalue weighted by Crippen LogP contribution is -2.32. The van der Waals surface area contributed by atoms with Gasteiger partial charge in [-0.3, -0.25) is 4.79 Å². The molecule has 7 nitrogen and oxygen atoms in total. The van der Waals surface area contributed by atoms with Crippen molar-refractivity contribution in [2.75, 3.05) is 42.7 Å². The SMILES string of the molecule is COc1cc(C2(c3cc(OC)c(OC)c(OC)c3)CCCC2=O)cc(OC)c1OC. The van der Waals surface area contributed by atoms with E-state index < -0.39 is 5.41 Å². The van der Waals surface area contributed by atoms with Gasteiger partial charge in [0.15, 0.2) is 23.0 Å². The van der Waals surface area contributed by atoms with Crippen LogP contribution in [0.5, 0.6) is 34.5 Å².